The fraction of sp³-hybridized carbons (Fsp3) is 0.625. The normalized spacial score (nSPS) is 16.2. The number of Topliss-reactive ketones (excluding diaryl/α,β-unsaturated/α-hetero) is 2. The largest absolute Gasteiger partial charge is 0.393 e. The van der Waals surface area contributed by atoms with E-state index in [1.165, 1.54) is 13.0 Å². The van der Waals surface area contributed by atoms with E-state index >= 15 is 0 Å². The van der Waals surface area contributed by atoms with Crippen LogP contribution in [0.1, 0.15) is 179 Å². The second-order valence-corrected chi connectivity index (χ2v) is 20.1. The number of nitrogens with zero attached hydrogens (tertiary/aromatic N) is 3. The van der Waals surface area contributed by atoms with Crippen LogP contribution < -0.4 is 26.6 Å². The Labute approximate surface area is 435 Å². The smallest absolute Gasteiger partial charge is 0.269 e. The van der Waals surface area contributed by atoms with E-state index in [-0.39, 0.29) is 46.4 Å². The number of likely N-dealkylation sites (tertiary alicyclic amines) is 1. The van der Waals surface area contributed by atoms with Crippen molar-refractivity contribution in [2.75, 3.05) is 50.7 Å². The zero-order valence-electron chi connectivity index (χ0n) is 45.1. The minimum absolute atomic E-state index is 0.0624. The molecule has 0 radical (unpaired) electrons. The third-order valence-electron chi connectivity index (χ3n) is 13.7. The number of hydrogen-bond acceptors (Lipinski definition) is 10. The Morgan fingerprint density at radius 2 is 1.62 bits per heavy atom. The van der Waals surface area contributed by atoms with Crippen LogP contribution in [0, 0.1) is 29.0 Å². The molecule has 0 aromatic heterocycles. The molecule has 16 heteroatoms. The first-order valence-electron chi connectivity index (χ1n) is 26.5. The molecule has 2 fully saturated rings. The average molecular weight is 1020 g/mol. The summed E-state index contributed by atoms with van der Waals surface area (Å²) in [7, 11) is 0. The molecule has 2 saturated heterocycles. The minimum Gasteiger partial charge on any atom is -0.393 e. The molecule has 1 atom stereocenters. The maximum absolute atomic E-state index is 14.7. The number of ketones is 2. The Morgan fingerprint density at radius 3 is 2.17 bits per heavy atom. The van der Waals surface area contributed by atoms with Crippen molar-refractivity contribution in [2.45, 2.75) is 165 Å². The standard InChI is InChI=1S/C28H45ClN6O3.C20H28FNO2.C8H15NO/c1-4-7-8-15-35(14-5-2)24(36)19-34-16-12-21(13-17-34)32-28(38)26(31)23(18-30)33-27(37)25-20(6-3)10-9-11-22(25)29;1-5-13(3)20(24)17-11-18(21)19(12-16(17)14(4)23)22-9-7-15(6-2)8-10-22;1-7(2)4-5-8(3)9-6-10/h11,18,21,30H,4-10,12-17,19,31H2,1-3H3,(H,32,38)(H,33,37);11-13,15H,5-10H2,1-4H3;6-7H,3-5H2,1-2H3,(H,9,10)/b26-23+,30-18?;;. The van der Waals surface area contributed by atoms with E-state index in [9.17, 15) is 33.2 Å². The number of halogens is 2. The highest BCUT2D eigenvalue weighted by molar-refractivity contribution is 6.35. The monoisotopic (exact) mass is 1020 g/mol. The van der Waals surface area contributed by atoms with Gasteiger partial charge in [0.25, 0.3) is 11.8 Å². The molecule has 0 spiro atoms. The summed E-state index contributed by atoms with van der Waals surface area (Å²) >= 11 is 6.28. The van der Waals surface area contributed by atoms with Gasteiger partial charge in [0.05, 0.1) is 23.5 Å². The Balaban J connectivity index is 0.000000441. The van der Waals surface area contributed by atoms with Gasteiger partial charge < -0.3 is 36.9 Å². The van der Waals surface area contributed by atoms with Crippen molar-refractivity contribution in [1.29, 1.82) is 5.41 Å². The predicted octanol–water partition coefficient (Wildman–Crippen LogP) is 10.1. The van der Waals surface area contributed by atoms with Crippen LogP contribution in [0.25, 0.3) is 0 Å². The summed E-state index contributed by atoms with van der Waals surface area (Å²) in [5, 5.41) is 16.1. The number of anilines is 1. The molecule has 1 aliphatic carbocycles. The summed E-state index contributed by atoms with van der Waals surface area (Å²) in [6, 6.07) is 2.75. The van der Waals surface area contributed by atoms with Gasteiger partial charge in [-0.25, -0.2) is 4.39 Å². The first-order valence-corrected chi connectivity index (χ1v) is 26.9. The lowest BCUT2D eigenvalue weighted by molar-refractivity contribution is -0.133. The second-order valence-electron chi connectivity index (χ2n) is 19.7. The summed E-state index contributed by atoms with van der Waals surface area (Å²) in [4.78, 5) is 79.1. The molecule has 72 heavy (non-hydrogen) atoms. The number of benzene rings is 1. The third-order valence-corrected chi connectivity index (χ3v) is 14.1. The van der Waals surface area contributed by atoms with Gasteiger partial charge in [0.2, 0.25) is 12.3 Å². The number of amides is 4. The van der Waals surface area contributed by atoms with E-state index in [1.807, 2.05) is 30.6 Å². The molecule has 1 aromatic carbocycles. The van der Waals surface area contributed by atoms with Crippen LogP contribution in [-0.4, -0.2) is 104 Å². The zero-order chi connectivity index (χ0) is 53.9. The Bertz CT molecular complexity index is 2090. The van der Waals surface area contributed by atoms with Crippen LogP contribution in [0.4, 0.5) is 10.1 Å². The molecule has 4 amide bonds. The molecule has 2 heterocycles. The summed E-state index contributed by atoms with van der Waals surface area (Å²) < 4.78 is 14.7. The Morgan fingerprint density at radius 1 is 0.958 bits per heavy atom. The van der Waals surface area contributed by atoms with Gasteiger partial charge >= 0.3 is 0 Å². The number of unbranched alkanes of at least 4 members (excludes halogenated alkanes) is 2. The lowest BCUT2D eigenvalue weighted by atomic mass is 9.90. The number of nitrogens with two attached hydrogens (primary N) is 1. The van der Waals surface area contributed by atoms with Crippen molar-refractivity contribution < 1.29 is 33.2 Å². The van der Waals surface area contributed by atoms with Crippen molar-refractivity contribution in [3.05, 3.63) is 75.0 Å². The number of allylic oxidation sites excluding steroid dienone is 4. The van der Waals surface area contributed by atoms with E-state index in [0.717, 1.165) is 114 Å². The first-order chi connectivity index (χ1) is 34.3. The van der Waals surface area contributed by atoms with Crippen molar-refractivity contribution in [1.82, 2.24) is 25.8 Å². The van der Waals surface area contributed by atoms with E-state index in [1.54, 1.807) is 12.1 Å². The fourth-order valence-electron chi connectivity index (χ4n) is 8.80. The van der Waals surface area contributed by atoms with Crippen molar-refractivity contribution in [3.8, 4) is 0 Å². The molecular formula is C56H88ClFN8O6. The molecule has 0 bridgehead atoms. The first kappa shape index (κ1) is 63.0. The maximum atomic E-state index is 14.7. The molecule has 1 aromatic rings. The van der Waals surface area contributed by atoms with Crippen molar-refractivity contribution >= 4 is 59.2 Å². The van der Waals surface area contributed by atoms with Crippen LogP contribution in [0.2, 0.25) is 0 Å². The van der Waals surface area contributed by atoms with Crippen LogP contribution in [0.3, 0.4) is 0 Å². The van der Waals surface area contributed by atoms with E-state index < -0.39 is 17.6 Å². The highest BCUT2D eigenvalue weighted by Crippen LogP contribution is 2.32. The van der Waals surface area contributed by atoms with Gasteiger partial charge in [0.1, 0.15) is 11.5 Å². The fourth-order valence-corrected chi connectivity index (χ4v) is 9.13. The van der Waals surface area contributed by atoms with Crippen LogP contribution in [0.5, 0.6) is 0 Å². The maximum Gasteiger partial charge on any atom is 0.269 e. The van der Waals surface area contributed by atoms with Crippen LogP contribution >= 0.6 is 11.6 Å². The molecule has 4 rings (SSSR count). The Hall–Kier alpha value is -5.15. The topological polar surface area (TPSA) is 198 Å². The van der Waals surface area contributed by atoms with Gasteiger partial charge in [0.15, 0.2) is 11.6 Å². The van der Waals surface area contributed by atoms with Crippen molar-refractivity contribution in [2.24, 2.45) is 23.5 Å². The molecule has 2 aliphatic heterocycles. The average Bonchev–Trinajstić information content (AvgIpc) is 3.37. The molecule has 402 valence electrons. The third kappa shape index (κ3) is 20.8. The number of hydrogen-bond donors (Lipinski definition) is 5. The van der Waals surface area contributed by atoms with Crippen molar-refractivity contribution in [3.63, 3.8) is 0 Å². The SMILES string of the molecule is C=C(CCC(C)C)NC=O.CCC1CCN(c2cc(C(C)=O)c(C(=O)C(C)CC)cc2F)CC1.CCCCCN(CCC)C(=O)CN1CCC(NC(=O)/C(N)=C(/C=N)NC(=O)C2=C(CC)CCC=C2Cl)CC1. The summed E-state index contributed by atoms with van der Waals surface area (Å²) in [5.41, 5.74) is 8.92. The van der Waals surface area contributed by atoms with E-state index in [0.29, 0.717) is 85.4 Å². The van der Waals surface area contributed by atoms with Gasteiger partial charge in [-0.1, -0.05) is 104 Å². The lowest BCUT2D eigenvalue weighted by Crippen LogP contribution is -2.49. The van der Waals surface area contributed by atoms with Crippen LogP contribution in [0.15, 0.2) is 58.1 Å². The zero-order valence-corrected chi connectivity index (χ0v) is 45.8. The van der Waals surface area contributed by atoms with E-state index in [4.69, 9.17) is 22.7 Å². The summed E-state index contributed by atoms with van der Waals surface area (Å²) in [5.74, 6) is -0.425. The number of rotatable bonds is 25. The number of carbonyl (C=O) groups excluding carboxylic acids is 6. The van der Waals surface area contributed by atoms with Crippen LogP contribution in [-0.2, 0) is 19.2 Å². The van der Waals surface area contributed by atoms with Gasteiger partial charge in [-0.2, -0.15) is 0 Å². The number of nitrogens with one attached hydrogen (secondary N) is 4. The predicted molar refractivity (Wildman–Crippen MR) is 290 cm³/mol. The molecule has 6 N–H and O–H groups in total. The highest BCUT2D eigenvalue weighted by atomic mass is 35.5. The molecule has 14 nitrogen and oxygen atoms in total. The summed E-state index contributed by atoms with van der Waals surface area (Å²) in [6.45, 7) is 26.5. The van der Waals surface area contributed by atoms with Gasteiger partial charge in [0, 0.05) is 79.3 Å². The molecule has 0 saturated carbocycles. The molecule has 1 unspecified atom stereocenters. The highest BCUT2D eigenvalue weighted by Gasteiger charge is 2.28. The number of carbonyl (C=O) groups is 6. The lowest BCUT2D eigenvalue weighted by Gasteiger charge is -2.33. The minimum atomic E-state index is -0.529. The van der Waals surface area contributed by atoms with Gasteiger partial charge in [-0.3, -0.25) is 33.7 Å². The Kier molecular flexibility index (Phi) is 29.3. The van der Waals surface area contributed by atoms with E-state index in [2.05, 4.69) is 62.0 Å². The number of piperidine rings is 2. The molecular weight excluding hydrogens is 935 g/mol. The van der Waals surface area contributed by atoms with Gasteiger partial charge in [-0.05, 0) is 108 Å². The summed E-state index contributed by atoms with van der Waals surface area (Å²) in [6.07, 6.45) is 17.0. The van der Waals surface area contributed by atoms with Gasteiger partial charge in [-0.15, -0.1) is 0 Å². The quantitative estimate of drug-likeness (QED) is 0.0208. The molecule has 3 aliphatic rings. The second kappa shape index (κ2) is 33.6.